The number of aryl methyl sites for hydroxylation is 1. The molecule has 0 bridgehead atoms. The maximum absolute atomic E-state index is 12.5. The summed E-state index contributed by atoms with van der Waals surface area (Å²) in [5.41, 5.74) is 2.69. The number of piperazine rings is 1. The summed E-state index contributed by atoms with van der Waals surface area (Å²) < 4.78 is 0. The van der Waals surface area contributed by atoms with Gasteiger partial charge in [0.05, 0.1) is 12.6 Å². The Morgan fingerprint density at radius 3 is 2.88 bits per heavy atom. The Morgan fingerprint density at radius 1 is 1.24 bits per heavy atom. The van der Waals surface area contributed by atoms with E-state index in [0.29, 0.717) is 6.54 Å². The minimum Gasteiger partial charge on any atom is -0.348 e. The third-order valence-corrected chi connectivity index (χ3v) is 5.97. The lowest BCUT2D eigenvalue weighted by molar-refractivity contribution is -0.123. The van der Waals surface area contributed by atoms with Crippen molar-refractivity contribution in [1.82, 2.24) is 15.2 Å². The highest BCUT2D eigenvalue weighted by Crippen LogP contribution is 2.29. The summed E-state index contributed by atoms with van der Waals surface area (Å²) in [6, 6.07) is 8.68. The normalized spacial score (nSPS) is 21.0. The molecule has 6 heteroatoms. The number of aromatic nitrogens is 1. The van der Waals surface area contributed by atoms with Crippen LogP contribution in [0.1, 0.15) is 30.0 Å². The maximum Gasteiger partial charge on any atom is 0.234 e. The quantitative estimate of drug-likeness (QED) is 0.914. The number of hydrogen-bond acceptors (Lipinski definition) is 5. The van der Waals surface area contributed by atoms with Crippen LogP contribution in [0.15, 0.2) is 35.8 Å². The third-order valence-electron chi connectivity index (χ3n) is 5.13. The Balaban J connectivity index is 1.29. The van der Waals surface area contributed by atoms with Crippen LogP contribution >= 0.6 is 11.3 Å². The van der Waals surface area contributed by atoms with Gasteiger partial charge >= 0.3 is 0 Å². The highest BCUT2D eigenvalue weighted by molar-refractivity contribution is 7.13. The molecule has 25 heavy (non-hydrogen) atoms. The molecule has 1 aliphatic carbocycles. The van der Waals surface area contributed by atoms with Gasteiger partial charge in [0.2, 0.25) is 5.91 Å². The first-order valence-corrected chi connectivity index (χ1v) is 9.91. The molecule has 1 N–H and O–H groups in total. The van der Waals surface area contributed by atoms with Crippen molar-refractivity contribution in [3.8, 4) is 0 Å². The van der Waals surface area contributed by atoms with Crippen molar-refractivity contribution in [3.05, 3.63) is 47.0 Å². The molecule has 1 aromatic heterocycles. The van der Waals surface area contributed by atoms with E-state index < -0.39 is 0 Å². The second-order valence-corrected chi connectivity index (χ2v) is 7.66. The van der Waals surface area contributed by atoms with Crippen molar-refractivity contribution in [2.24, 2.45) is 0 Å². The number of nitrogens with zero attached hydrogens (tertiary/aromatic N) is 3. The lowest BCUT2D eigenvalue weighted by Crippen LogP contribution is -2.50. The van der Waals surface area contributed by atoms with Gasteiger partial charge in [-0.2, -0.15) is 0 Å². The maximum atomic E-state index is 12.5. The fraction of sp³-hybridized carbons (Fsp3) is 0.474. The lowest BCUT2D eigenvalue weighted by atomic mass is 9.88. The molecule has 132 valence electrons. The van der Waals surface area contributed by atoms with Crippen LogP contribution in [0.2, 0.25) is 0 Å². The summed E-state index contributed by atoms with van der Waals surface area (Å²) in [6.45, 7) is 4.19. The molecule has 5 nitrogen and oxygen atoms in total. The van der Waals surface area contributed by atoms with Gasteiger partial charge in [0.15, 0.2) is 5.13 Å². The third kappa shape index (κ3) is 3.85. The molecule has 1 fully saturated rings. The topological polar surface area (TPSA) is 48.5 Å². The molecule has 1 unspecified atom stereocenters. The zero-order valence-electron chi connectivity index (χ0n) is 14.4. The Morgan fingerprint density at radius 2 is 2.08 bits per heavy atom. The van der Waals surface area contributed by atoms with Crippen molar-refractivity contribution >= 4 is 22.4 Å². The van der Waals surface area contributed by atoms with Gasteiger partial charge in [-0.3, -0.25) is 9.69 Å². The van der Waals surface area contributed by atoms with Crippen LogP contribution in [0.3, 0.4) is 0 Å². The number of carbonyl (C=O) groups excluding carboxylic acids is 1. The fourth-order valence-electron chi connectivity index (χ4n) is 3.82. The number of thiazole rings is 1. The van der Waals surface area contributed by atoms with Gasteiger partial charge in [-0.15, -0.1) is 11.3 Å². The Hall–Kier alpha value is -1.92. The lowest BCUT2D eigenvalue weighted by Gasteiger charge is -2.34. The zero-order chi connectivity index (χ0) is 17.1. The van der Waals surface area contributed by atoms with Gasteiger partial charge in [-0.25, -0.2) is 4.98 Å². The molecular weight excluding hydrogens is 332 g/mol. The van der Waals surface area contributed by atoms with E-state index in [1.54, 1.807) is 11.3 Å². The molecule has 0 radical (unpaired) electrons. The van der Waals surface area contributed by atoms with E-state index in [4.69, 9.17) is 0 Å². The summed E-state index contributed by atoms with van der Waals surface area (Å²) in [5.74, 6) is 0.143. The number of nitrogens with one attached hydrogen (secondary N) is 1. The second kappa shape index (κ2) is 7.54. The first-order chi connectivity index (χ1) is 12.3. The van der Waals surface area contributed by atoms with E-state index in [1.165, 1.54) is 11.1 Å². The summed E-state index contributed by atoms with van der Waals surface area (Å²) in [6.07, 6.45) is 5.16. The predicted octanol–water partition coefficient (Wildman–Crippen LogP) is 2.46. The van der Waals surface area contributed by atoms with E-state index >= 15 is 0 Å². The number of amides is 1. The molecule has 2 heterocycles. The van der Waals surface area contributed by atoms with Crippen LogP contribution < -0.4 is 10.2 Å². The molecule has 1 atom stereocenters. The van der Waals surface area contributed by atoms with E-state index in [2.05, 4.69) is 44.4 Å². The van der Waals surface area contributed by atoms with Crippen LogP contribution in [0.5, 0.6) is 0 Å². The van der Waals surface area contributed by atoms with Gasteiger partial charge in [0, 0.05) is 37.8 Å². The highest BCUT2D eigenvalue weighted by atomic mass is 32.1. The molecule has 1 amide bonds. The Bertz CT molecular complexity index is 710. The van der Waals surface area contributed by atoms with Gasteiger partial charge in [-0.05, 0) is 30.4 Å². The molecule has 1 aromatic carbocycles. The Labute approximate surface area is 152 Å². The van der Waals surface area contributed by atoms with Crippen molar-refractivity contribution in [1.29, 1.82) is 0 Å². The first kappa shape index (κ1) is 16.5. The SMILES string of the molecule is O=C(CN1CCN(c2nccs2)CC1)NC1CCCc2ccccc21. The van der Waals surface area contributed by atoms with Gasteiger partial charge in [0.1, 0.15) is 0 Å². The average molecular weight is 356 g/mol. The summed E-state index contributed by atoms with van der Waals surface area (Å²) in [7, 11) is 0. The minimum atomic E-state index is 0.143. The van der Waals surface area contributed by atoms with Crippen LogP contribution in [-0.4, -0.2) is 48.5 Å². The first-order valence-electron chi connectivity index (χ1n) is 9.03. The predicted molar refractivity (Wildman–Crippen MR) is 101 cm³/mol. The van der Waals surface area contributed by atoms with E-state index in [9.17, 15) is 4.79 Å². The van der Waals surface area contributed by atoms with Gasteiger partial charge in [0.25, 0.3) is 0 Å². The van der Waals surface area contributed by atoms with Crippen LogP contribution in [-0.2, 0) is 11.2 Å². The van der Waals surface area contributed by atoms with E-state index in [0.717, 1.165) is 50.6 Å². The van der Waals surface area contributed by atoms with E-state index in [1.807, 2.05) is 11.6 Å². The number of benzene rings is 1. The Kier molecular flexibility index (Phi) is 4.99. The number of rotatable bonds is 4. The zero-order valence-corrected chi connectivity index (χ0v) is 15.2. The highest BCUT2D eigenvalue weighted by Gasteiger charge is 2.24. The number of carbonyl (C=O) groups is 1. The van der Waals surface area contributed by atoms with Gasteiger partial charge in [-0.1, -0.05) is 24.3 Å². The van der Waals surface area contributed by atoms with Crippen LogP contribution in [0, 0.1) is 0 Å². The number of fused-ring (bicyclic) bond motifs is 1. The van der Waals surface area contributed by atoms with Crippen molar-refractivity contribution in [2.75, 3.05) is 37.6 Å². The average Bonchev–Trinajstić information content (AvgIpc) is 3.17. The molecule has 2 aliphatic rings. The molecule has 1 saturated heterocycles. The van der Waals surface area contributed by atoms with Crippen LogP contribution in [0.4, 0.5) is 5.13 Å². The molecule has 4 rings (SSSR count). The minimum absolute atomic E-state index is 0.143. The largest absolute Gasteiger partial charge is 0.348 e. The summed E-state index contributed by atoms with van der Waals surface area (Å²) in [4.78, 5) is 21.4. The molecule has 0 spiro atoms. The smallest absolute Gasteiger partial charge is 0.234 e. The van der Waals surface area contributed by atoms with Crippen molar-refractivity contribution in [3.63, 3.8) is 0 Å². The number of hydrogen-bond donors (Lipinski definition) is 1. The van der Waals surface area contributed by atoms with Crippen molar-refractivity contribution < 1.29 is 4.79 Å². The van der Waals surface area contributed by atoms with E-state index in [-0.39, 0.29) is 11.9 Å². The molecular formula is C19H24N4OS. The molecule has 2 aromatic rings. The number of anilines is 1. The molecule has 1 aliphatic heterocycles. The molecule has 0 saturated carbocycles. The van der Waals surface area contributed by atoms with Gasteiger partial charge < -0.3 is 10.2 Å². The van der Waals surface area contributed by atoms with Crippen molar-refractivity contribution in [2.45, 2.75) is 25.3 Å². The van der Waals surface area contributed by atoms with Crippen LogP contribution in [0.25, 0.3) is 0 Å². The monoisotopic (exact) mass is 356 g/mol. The second-order valence-electron chi connectivity index (χ2n) is 6.79. The summed E-state index contributed by atoms with van der Waals surface area (Å²) >= 11 is 1.68. The fourth-order valence-corrected chi connectivity index (χ4v) is 4.51. The summed E-state index contributed by atoms with van der Waals surface area (Å²) in [5, 5.41) is 6.35. The standard InChI is InChI=1S/C19H24N4OS/c24-18(21-17-7-3-5-15-4-1-2-6-16(15)17)14-22-9-11-23(12-10-22)19-20-8-13-25-19/h1-2,4,6,8,13,17H,3,5,7,9-12,14H2,(H,21,24).